The lowest BCUT2D eigenvalue weighted by molar-refractivity contribution is 0.868. The first-order chi connectivity index (χ1) is 4.50. The van der Waals surface area contributed by atoms with Crippen LogP contribution in [0, 0.1) is 0 Å². The number of hydrogen-bond donors (Lipinski definition) is 0. The van der Waals surface area contributed by atoms with Crippen LogP contribution < -0.4 is 0 Å². The number of hydrogen-bond acceptors (Lipinski definition) is 0. The smallest absolute Gasteiger partial charge is 0.0316 e. The molecule has 0 aromatic rings. The second kappa shape index (κ2) is 4.37. The molecule has 0 spiro atoms. The molecule has 1 aliphatic rings. The average Bonchev–Trinajstić information content (AvgIpc) is 2.00. The molecule has 0 amide bonds. The largest absolute Gasteiger partial charge is 0.0885 e. The molecule has 9 heavy (non-hydrogen) atoms. The summed E-state index contributed by atoms with van der Waals surface area (Å²) in [5.74, 6) is 0. The molecule has 0 aromatic heterocycles. The maximum atomic E-state index is 2.30. The van der Waals surface area contributed by atoms with Crippen molar-refractivity contribution in [3.63, 3.8) is 0 Å². The molecule has 1 rings (SSSR count). The van der Waals surface area contributed by atoms with Gasteiger partial charge in [-0.3, -0.25) is 0 Å². The molecule has 0 saturated carbocycles. The Morgan fingerprint density at radius 3 is 1.56 bits per heavy atom. The Balaban J connectivity index is 2.28. The molecule has 0 fully saturated rings. The molecule has 0 heteroatoms. The molecular weight excluding hydrogens is 108 g/mol. The molecule has 0 N–H and O–H groups in total. The van der Waals surface area contributed by atoms with E-state index >= 15 is 0 Å². The molecule has 0 atom stereocenters. The van der Waals surface area contributed by atoms with Gasteiger partial charge in [0.1, 0.15) is 0 Å². The van der Waals surface area contributed by atoms with Gasteiger partial charge in [-0.1, -0.05) is 24.3 Å². The summed E-state index contributed by atoms with van der Waals surface area (Å²) in [6.07, 6.45) is 15.5. The highest BCUT2D eigenvalue weighted by molar-refractivity contribution is 4.90. The fourth-order valence-electron chi connectivity index (χ4n) is 1.02. The van der Waals surface area contributed by atoms with E-state index in [0.717, 1.165) is 0 Å². The van der Waals surface area contributed by atoms with Crippen molar-refractivity contribution in [1.82, 2.24) is 0 Å². The van der Waals surface area contributed by atoms with Crippen molar-refractivity contribution in [2.75, 3.05) is 0 Å². The summed E-state index contributed by atoms with van der Waals surface area (Å²) in [5.41, 5.74) is 0. The summed E-state index contributed by atoms with van der Waals surface area (Å²) in [4.78, 5) is 0. The average molecular weight is 122 g/mol. The minimum atomic E-state index is 1.23. The molecular formula is C9H14. The van der Waals surface area contributed by atoms with Gasteiger partial charge in [0.2, 0.25) is 0 Å². The Morgan fingerprint density at radius 1 is 0.556 bits per heavy atom. The third-order valence-corrected chi connectivity index (χ3v) is 1.57. The van der Waals surface area contributed by atoms with E-state index in [1.54, 1.807) is 0 Å². The van der Waals surface area contributed by atoms with Gasteiger partial charge in [0.05, 0.1) is 0 Å². The maximum Gasteiger partial charge on any atom is -0.0316 e. The SMILES string of the molecule is C1=C\CCC/C=C\CC/1. The predicted molar refractivity (Wildman–Crippen MR) is 41.4 cm³/mol. The second-order valence-corrected chi connectivity index (χ2v) is 2.45. The van der Waals surface area contributed by atoms with Crippen molar-refractivity contribution in [1.29, 1.82) is 0 Å². The third-order valence-electron chi connectivity index (χ3n) is 1.57. The van der Waals surface area contributed by atoms with E-state index in [0.29, 0.717) is 0 Å². The molecule has 50 valence electrons. The Kier molecular flexibility index (Phi) is 3.20. The topological polar surface area (TPSA) is 0 Å². The zero-order valence-electron chi connectivity index (χ0n) is 5.84. The lowest BCUT2D eigenvalue weighted by Gasteiger charge is -1.85. The van der Waals surface area contributed by atoms with E-state index in [1.807, 2.05) is 0 Å². The van der Waals surface area contributed by atoms with Gasteiger partial charge in [0.15, 0.2) is 0 Å². The van der Waals surface area contributed by atoms with Crippen LogP contribution in [0.25, 0.3) is 0 Å². The molecule has 0 aromatic carbocycles. The standard InChI is InChI=1S/C9H14/c1-2-4-6-8-9-7-5-3-1/h1-2,7,9H,3-6,8H2/b2-1-,9-7-. The molecule has 0 heterocycles. The Bertz CT molecular complexity index is 95.2. The summed E-state index contributed by atoms with van der Waals surface area (Å²) < 4.78 is 0. The van der Waals surface area contributed by atoms with Crippen molar-refractivity contribution < 1.29 is 0 Å². The zero-order valence-corrected chi connectivity index (χ0v) is 5.84. The highest BCUT2D eigenvalue weighted by Crippen LogP contribution is 2.04. The van der Waals surface area contributed by atoms with Gasteiger partial charge < -0.3 is 0 Å². The molecule has 0 aliphatic heterocycles. The summed E-state index contributed by atoms with van der Waals surface area (Å²) >= 11 is 0. The van der Waals surface area contributed by atoms with Gasteiger partial charge in [-0.15, -0.1) is 0 Å². The quantitative estimate of drug-likeness (QED) is 0.433. The van der Waals surface area contributed by atoms with E-state index < -0.39 is 0 Å². The van der Waals surface area contributed by atoms with Gasteiger partial charge in [-0.05, 0) is 32.1 Å². The van der Waals surface area contributed by atoms with E-state index in [-0.39, 0.29) is 0 Å². The Labute approximate surface area is 57.3 Å². The normalized spacial score (nSPS) is 27.6. The van der Waals surface area contributed by atoms with Crippen molar-refractivity contribution >= 4 is 0 Å². The van der Waals surface area contributed by atoms with Crippen LogP contribution >= 0.6 is 0 Å². The fourth-order valence-corrected chi connectivity index (χ4v) is 1.02. The van der Waals surface area contributed by atoms with Crippen molar-refractivity contribution in [2.45, 2.75) is 32.1 Å². The fraction of sp³-hybridized carbons (Fsp3) is 0.556. The third kappa shape index (κ3) is 3.12. The summed E-state index contributed by atoms with van der Waals surface area (Å²) in [7, 11) is 0. The van der Waals surface area contributed by atoms with Gasteiger partial charge in [0.25, 0.3) is 0 Å². The lowest BCUT2D eigenvalue weighted by atomic mass is 10.2. The Hall–Kier alpha value is -0.520. The number of rotatable bonds is 0. The first-order valence-corrected chi connectivity index (χ1v) is 3.80. The Morgan fingerprint density at radius 2 is 1.00 bits per heavy atom. The van der Waals surface area contributed by atoms with Crippen LogP contribution in [0.5, 0.6) is 0 Å². The summed E-state index contributed by atoms with van der Waals surface area (Å²) in [5, 5.41) is 0. The highest BCUT2D eigenvalue weighted by Gasteiger charge is 1.83. The molecule has 1 aliphatic carbocycles. The molecule has 0 unspecified atom stereocenters. The van der Waals surface area contributed by atoms with Crippen molar-refractivity contribution in [2.24, 2.45) is 0 Å². The van der Waals surface area contributed by atoms with Gasteiger partial charge in [-0.2, -0.15) is 0 Å². The minimum absolute atomic E-state index is 1.23. The lowest BCUT2D eigenvalue weighted by Crippen LogP contribution is -1.65. The van der Waals surface area contributed by atoms with E-state index in [1.165, 1.54) is 32.1 Å². The minimum Gasteiger partial charge on any atom is -0.0885 e. The van der Waals surface area contributed by atoms with Crippen LogP contribution in [0.4, 0.5) is 0 Å². The highest BCUT2D eigenvalue weighted by atomic mass is 13.9. The van der Waals surface area contributed by atoms with Crippen LogP contribution in [0.15, 0.2) is 24.3 Å². The van der Waals surface area contributed by atoms with Crippen LogP contribution in [0.2, 0.25) is 0 Å². The summed E-state index contributed by atoms with van der Waals surface area (Å²) in [6, 6.07) is 0. The predicted octanol–water partition coefficient (Wildman–Crippen LogP) is 3.06. The van der Waals surface area contributed by atoms with Crippen LogP contribution in [-0.4, -0.2) is 0 Å². The molecule has 0 bridgehead atoms. The molecule has 0 nitrogen and oxygen atoms in total. The molecule has 0 radical (unpaired) electrons. The van der Waals surface area contributed by atoms with Crippen molar-refractivity contribution in [3.05, 3.63) is 24.3 Å². The van der Waals surface area contributed by atoms with E-state index in [9.17, 15) is 0 Å². The van der Waals surface area contributed by atoms with Gasteiger partial charge >= 0.3 is 0 Å². The summed E-state index contributed by atoms with van der Waals surface area (Å²) in [6.45, 7) is 0. The van der Waals surface area contributed by atoms with Gasteiger partial charge in [0, 0.05) is 0 Å². The first kappa shape index (κ1) is 6.60. The van der Waals surface area contributed by atoms with Crippen LogP contribution in [-0.2, 0) is 0 Å². The second-order valence-electron chi connectivity index (χ2n) is 2.45. The van der Waals surface area contributed by atoms with E-state index in [2.05, 4.69) is 24.3 Å². The maximum absolute atomic E-state index is 2.30. The molecule has 0 saturated heterocycles. The van der Waals surface area contributed by atoms with Crippen LogP contribution in [0.1, 0.15) is 32.1 Å². The van der Waals surface area contributed by atoms with Crippen molar-refractivity contribution in [3.8, 4) is 0 Å². The van der Waals surface area contributed by atoms with Crippen LogP contribution in [0.3, 0.4) is 0 Å². The first-order valence-electron chi connectivity index (χ1n) is 3.80. The zero-order chi connectivity index (χ0) is 6.36. The van der Waals surface area contributed by atoms with Gasteiger partial charge in [-0.25, -0.2) is 0 Å². The van der Waals surface area contributed by atoms with E-state index in [4.69, 9.17) is 0 Å². The monoisotopic (exact) mass is 122 g/mol. The number of allylic oxidation sites excluding steroid dienone is 4.